The molecule has 0 radical (unpaired) electrons. The Morgan fingerprint density at radius 3 is 1.59 bits per heavy atom. The zero-order chi connectivity index (χ0) is 35.3. The maximum absolute atomic E-state index is 5.55. The number of benzene rings is 9. The van der Waals surface area contributed by atoms with Crippen LogP contribution in [0, 0.1) is 0 Å². The van der Waals surface area contributed by atoms with E-state index in [2.05, 4.69) is 191 Å². The molecule has 0 aliphatic carbocycles. The number of para-hydroxylation sites is 2. The smallest absolute Gasteiger partial charge is 0.235 e. The van der Waals surface area contributed by atoms with Gasteiger partial charge in [-0.05, 0) is 63.3 Å². The quantitative estimate of drug-likeness (QED) is 0.173. The van der Waals surface area contributed by atoms with Crippen LogP contribution in [0.5, 0.6) is 0 Å². The van der Waals surface area contributed by atoms with Crippen LogP contribution < -0.4 is 0 Å². The second-order valence-electron chi connectivity index (χ2n) is 14.1. The van der Waals surface area contributed by atoms with E-state index in [1.807, 2.05) is 0 Å². The largest absolute Gasteiger partial charge is 0.309 e. The van der Waals surface area contributed by atoms with Gasteiger partial charge in [0.1, 0.15) is 0 Å². The van der Waals surface area contributed by atoms with E-state index in [4.69, 9.17) is 9.97 Å². The molecule has 0 N–H and O–H groups in total. The van der Waals surface area contributed by atoms with E-state index in [0.29, 0.717) is 5.95 Å². The summed E-state index contributed by atoms with van der Waals surface area (Å²) < 4.78 is 4.70. The molecule has 0 spiro atoms. The van der Waals surface area contributed by atoms with Crippen molar-refractivity contribution in [2.45, 2.75) is 0 Å². The van der Waals surface area contributed by atoms with Gasteiger partial charge in [-0.15, -0.1) is 0 Å². The average Bonchev–Trinajstić information content (AvgIpc) is 3.76. The highest BCUT2D eigenvalue weighted by atomic mass is 15.2. The third kappa shape index (κ3) is 4.02. The van der Waals surface area contributed by atoms with Crippen molar-refractivity contribution >= 4 is 86.8 Å². The van der Waals surface area contributed by atoms with E-state index in [0.717, 1.165) is 49.7 Å². The van der Waals surface area contributed by atoms with Crippen LogP contribution in [0.4, 0.5) is 0 Å². The van der Waals surface area contributed by atoms with E-state index < -0.39 is 0 Å². The van der Waals surface area contributed by atoms with Gasteiger partial charge in [-0.2, -0.15) is 0 Å². The van der Waals surface area contributed by atoms with Gasteiger partial charge >= 0.3 is 0 Å². The first-order valence-corrected chi connectivity index (χ1v) is 18.4. The molecule has 0 aliphatic heterocycles. The van der Waals surface area contributed by atoms with Gasteiger partial charge < -0.3 is 4.57 Å². The fourth-order valence-electron chi connectivity index (χ4n) is 8.99. The highest BCUT2D eigenvalue weighted by molar-refractivity contribution is 6.30. The summed E-state index contributed by atoms with van der Waals surface area (Å²) in [7, 11) is 0. The minimum atomic E-state index is 0.658. The van der Waals surface area contributed by atoms with Crippen LogP contribution in [-0.4, -0.2) is 19.1 Å². The van der Waals surface area contributed by atoms with Crippen LogP contribution in [0.25, 0.3) is 110 Å². The molecule has 0 aliphatic rings. The Bertz CT molecular complexity index is 3500. The summed E-state index contributed by atoms with van der Waals surface area (Å²) in [5.74, 6) is 0.658. The molecule has 12 aromatic rings. The maximum atomic E-state index is 5.55. The van der Waals surface area contributed by atoms with Gasteiger partial charge in [-0.1, -0.05) is 146 Å². The Labute approximate surface area is 309 Å². The highest BCUT2D eigenvalue weighted by Crippen LogP contribution is 2.44. The van der Waals surface area contributed by atoms with Crippen molar-refractivity contribution in [1.29, 1.82) is 0 Å². The number of fused-ring (bicyclic) bond motifs is 14. The van der Waals surface area contributed by atoms with Crippen molar-refractivity contribution in [2.75, 3.05) is 0 Å². The molecular formula is C50H30N4. The minimum absolute atomic E-state index is 0.658. The topological polar surface area (TPSA) is 35.6 Å². The predicted octanol–water partition coefficient (Wildman–Crippen LogP) is 13.0. The lowest BCUT2D eigenvalue weighted by Crippen LogP contribution is -2.04. The first kappa shape index (κ1) is 29.3. The van der Waals surface area contributed by atoms with Crippen LogP contribution in [0.15, 0.2) is 182 Å². The van der Waals surface area contributed by atoms with Crippen molar-refractivity contribution in [3.63, 3.8) is 0 Å². The number of aromatic nitrogens is 4. The number of rotatable bonds is 3. The number of hydrogen-bond acceptors (Lipinski definition) is 2. The van der Waals surface area contributed by atoms with Crippen molar-refractivity contribution in [1.82, 2.24) is 19.1 Å². The fourth-order valence-corrected chi connectivity index (χ4v) is 8.99. The molecule has 3 aromatic heterocycles. The Balaban J connectivity index is 1.23. The Morgan fingerprint density at radius 2 is 0.870 bits per heavy atom. The number of hydrogen-bond donors (Lipinski definition) is 0. The standard InChI is InChI=1S/C50H30N4/c1-2-15-32(16-3-1)48-47-37-20-8-6-18-35(37)36-19-7-9-21-38(36)49(47)52-50(51-48)54-42-25-13-11-23-40(42)46-44(54)29-28-43-45(46)39-22-10-12-24-41(39)53(43)34-27-26-31-14-4-5-17-33(31)30-34/h1-30H. The maximum Gasteiger partial charge on any atom is 0.235 e. The van der Waals surface area contributed by atoms with E-state index >= 15 is 0 Å². The normalized spacial score (nSPS) is 12.1. The fraction of sp³-hybridized carbons (Fsp3) is 0. The van der Waals surface area contributed by atoms with Crippen molar-refractivity contribution in [2.24, 2.45) is 0 Å². The molecule has 12 rings (SSSR count). The second-order valence-corrected chi connectivity index (χ2v) is 14.1. The summed E-state index contributed by atoms with van der Waals surface area (Å²) >= 11 is 0. The van der Waals surface area contributed by atoms with E-state index in [1.54, 1.807) is 0 Å². The van der Waals surface area contributed by atoms with Crippen molar-refractivity contribution in [3.8, 4) is 22.9 Å². The zero-order valence-corrected chi connectivity index (χ0v) is 29.1. The third-order valence-corrected chi connectivity index (χ3v) is 11.3. The van der Waals surface area contributed by atoms with Gasteiger partial charge in [-0.3, -0.25) is 4.57 Å². The molecule has 9 aromatic carbocycles. The lowest BCUT2D eigenvalue weighted by Gasteiger charge is -2.16. The lowest BCUT2D eigenvalue weighted by atomic mass is 9.94. The Hall–Kier alpha value is -7.30. The van der Waals surface area contributed by atoms with Gasteiger partial charge in [0.15, 0.2) is 0 Å². The van der Waals surface area contributed by atoms with Crippen LogP contribution in [-0.2, 0) is 0 Å². The average molecular weight is 687 g/mol. The van der Waals surface area contributed by atoms with E-state index in [9.17, 15) is 0 Å². The van der Waals surface area contributed by atoms with Gasteiger partial charge in [0.25, 0.3) is 0 Å². The number of nitrogens with zero attached hydrogens (tertiary/aromatic N) is 4. The third-order valence-electron chi connectivity index (χ3n) is 11.3. The molecule has 0 amide bonds. The van der Waals surface area contributed by atoms with E-state index in [-0.39, 0.29) is 0 Å². The predicted molar refractivity (Wildman–Crippen MR) is 226 cm³/mol. The summed E-state index contributed by atoms with van der Waals surface area (Å²) in [4.78, 5) is 11.1. The molecule has 0 bridgehead atoms. The summed E-state index contributed by atoms with van der Waals surface area (Å²) in [6.07, 6.45) is 0. The molecule has 0 saturated carbocycles. The lowest BCUT2D eigenvalue weighted by molar-refractivity contribution is 1.02. The monoisotopic (exact) mass is 686 g/mol. The molecule has 4 nitrogen and oxygen atoms in total. The van der Waals surface area contributed by atoms with Crippen LogP contribution >= 0.6 is 0 Å². The summed E-state index contributed by atoms with van der Waals surface area (Å²) in [6.45, 7) is 0. The first-order chi connectivity index (χ1) is 26.8. The van der Waals surface area contributed by atoms with Crippen LogP contribution in [0.3, 0.4) is 0 Å². The van der Waals surface area contributed by atoms with Crippen LogP contribution in [0.2, 0.25) is 0 Å². The molecule has 0 atom stereocenters. The summed E-state index contributed by atoms with van der Waals surface area (Å²) in [5, 5.41) is 13.0. The molecule has 0 saturated heterocycles. The minimum Gasteiger partial charge on any atom is -0.309 e. The summed E-state index contributed by atoms with van der Waals surface area (Å²) in [6, 6.07) is 65.3. The molecule has 3 heterocycles. The molecule has 0 fully saturated rings. The van der Waals surface area contributed by atoms with Crippen molar-refractivity contribution < 1.29 is 0 Å². The highest BCUT2D eigenvalue weighted by Gasteiger charge is 2.23. The first-order valence-electron chi connectivity index (χ1n) is 18.4. The SMILES string of the molecule is c1ccc(-c2nc(-n3c4ccccc4c4c5c6ccccc6n(-c6ccc7ccccc7c6)c5ccc43)nc3c4ccccc4c4ccccc4c23)cc1. The Kier molecular flexibility index (Phi) is 6.02. The van der Waals surface area contributed by atoms with E-state index in [1.165, 1.54) is 54.1 Å². The molecule has 250 valence electrons. The summed E-state index contributed by atoms with van der Waals surface area (Å²) in [5.41, 5.74) is 8.59. The van der Waals surface area contributed by atoms with Gasteiger partial charge in [0.05, 0.1) is 33.3 Å². The zero-order valence-electron chi connectivity index (χ0n) is 29.1. The molecule has 4 heteroatoms. The molecule has 0 unspecified atom stereocenters. The van der Waals surface area contributed by atoms with Crippen LogP contribution in [0.1, 0.15) is 0 Å². The Morgan fingerprint density at radius 1 is 0.333 bits per heavy atom. The van der Waals surface area contributed by atoms with Gasteiger partial charge in [-0.25, -0.2) is 9.97 Å². The van der Waals surface area contributed by atoms with Gasteiger partial charge in [0, 0.05) is 43.6 Å². The second kappa shape index (κ2) is 11.1. The molecule has 54 heavy (non-hydrogen) atoms. The van der Waals surface area contributed by atoms with Crippen molar-refractivity contribution in [3.05, 3.63) is 182 Å². The van der Waals surface area contributed by atoms with Gasteiger partial charge in [0.2, 0.25) is 5.95 Å². The molecular weight excluding hydrogens is 657 g/mol.